The van der Waals surface area contributed by atoms with Crippen molar-refractivity contribution in [2.24, 2.45) is 0 Å². The zero-order valence-corrected chi connectivity index (χ0v) is 30.2. The number of carbonyl (C=O) groups is 2. The van der Waals surface area contributed by atoms with Gasteiger partial charge in [0, 0.05) is 12.8 Å². The van der Waals surface area contributed by atoms with Gasteiger partial charge in [0.25, 0.3) is 0 Å². The van der Waals surface area contributed by atoms with Gasteiger partial charge in [0.05, 0.1) is 0 Å². The monoisotopic (exact) mass is 633 g/mol. The number of carboxylic acids is 1. The molecule has 0 saturated carbocycles. The van der Waals surface area contributed by atoms with Crippen molar-refractivity contribution < 1.29 is 19.4 Å². The molecule has 0 aliphatic carbocycles. The predicted octanol–water partition coefficient (Wildman–Crippen LogP) is 13.6. The van der Waals surface area contributed by atoms with Crippen molar-refractivity contribution in [1.29, 1.82) is 0 Å². The van der Waals surface area contributed by atoms with Crippen molar-refractivity contribution in [3.8, 4) is 0 Å². The summed E-state index contributed by atoms with van der Waals surface area (Å²) in [6, 6.07) is 0. The fourth-order valence-electron chi connectivity index (χ4n) is 5.98. The first kappa shape index (κ1) is 43.4. The molecular formula is C41H76O4. The van der Waals surface area contributed by atoms with E-state index in [0.717, 1.165) is 77.0 Å². The van der Waals surface area contributed by atoms with Gasteiger partial charge in [-0.2, -0.15) is 0 Å². The standard InChI is InChI=1S/C41H76O4/c1-3-5-7-9-11-13-15-17-18-19-20-22-24-27-31-35-39(36-32-28-26-29-33-37-40(42)43)45-41(44)38-34-30-25-23-21-16-14-12-10-8-6-4-2/h15,17,19-20,39H,3-14,16,18,21-38H2,1-2H3,(H,42,43)/b17-15-,20-19-. The number of carbonyl (C=O) groups excluding carboxylic acids is 1. The molecular weight excluding hydrogens is 556 g/mol. The fraction of sp³-hybridized carbons (Fsp3) is 0.854. The van der Waals surface area contributed by atoms with E-state index in [1.807, 2.05) is 0 Å². The van der Waals surface area contributed by atoms with Crippen molar-refractivity contribution in [3.05, 3.63) is 24.3 Å². The molecule has 0 bridgehead atoms. The number of hydrogen-bond donors (Lipinski definition) is 1. The number of unbranched alkanes of at least 4 members (excludes halogenated alkanes) is 23. The van der Waals surface area contributed by atoms with Gasteiger partial charge in [-0.05, 0) is 70.6 Å². The van der Waals surface area contributed by atoms with E-state index in [2.05, 4.69) is 38.2 Å². The van der Waals surface area contributed by atoms with Gasteiger partial charge in [0.2, 0.25) is 0 Å². The summed E-state index contributed by atoms with van der Waals surface area (Å²) < 4.78 is 5.99. The van der Waals surface area contributed by atoms with Gasteiger partial charge >= 0.3 is 11.9 Å². The van der Waals surface area contributed by atoms with Crippen LogP contribution < -0.4 is 0 Å². The van der Waals surface area contributed by atoms with Crippen molar-refractivity contribution >= 4 is 11.9 Å². The highest BCUT2D eigenvalue weighted by atomic mass is 16.5. The van der Waals surface area contributed by atoms with Gasteiger partial charge in [-0.15, -0.1) is 0 Å². The summed E-state index contributed by atoms with van der Waals surface area (Å²) in [4.78, 5) is 23.4. The average molecular weight is 633 g/mol. The third kappa shape index (κ3) is 36.8. The molecule has 0 amide bonds. The van der Waals surface area contributed by atoms with Crippen LogP contribution in [-0.2, 0) is 14.3 Å². The lowest BCUT2D eigenvalue weighted by atomic mass is 10.0. The van der Waals surface area contributed by atoms with E-state index < -0.39 is 5.97 Å². The Balaban J connectivity index is 4.10. The van der Waals surface area contributed by atoms with Gasteiger partial charge in [-0.3, -0.25) is 9.59 Å². The van der Waals surface area contributed by atoms with Crippen molar-refractivity contribution in [2.75, 3.05) is 0 Å². The summed E-state index contributed by atoms with van der Waals surface area (Å²) in [5.41, 5.74) is 0. The number of aliphatic carboxylic acids is 1. The molecule has 0 aliphatic rings. The number of ether oxygens (including phenoxy) is 1. The van der Waals surface area contributed by atoms with E-state index in [4.69, 9.17) is 9.84 Å². The van der Waals surface area contributed by atoms with Gasteiger partial charge in [0.1, 0.15) is 6.10 Å². The molecule has 0 aromatic heterocycles. The zero-order chi connectivity index (χ0) is 32.9. The lowest BCUT2D eigenvalue weighted by molar-refractivity contribution is -0.150. The van der Waals surface area contributed by atoms with Crippen LogP contribution in [0.25, 0.3) is 0 Å². The minimum absolute atomic E-state index is 0.00881. The van der Waals surface area contributed by atoms with Crippen LogP contribution in [0.5, 0.6) is 0 Å². The highest BCUT2D eigenvalue weighted by Crippen LogP contribution is 2.18. The highest BCUT2D eigenvalue weighted by molar-refractivity contribution is 5.69. The van der Waals surface area contributed by atoms with Gasteiger partial charge in [-0.25, -0.2) is 0 Å². The molecule has 0 aliphatic heterocycles. The maximum absolute atomic E-state index is 12.6. The van der Waals surface area contributed by atoms with E-state index in [-0.39, 0.29) is 18.5 Å². The van der Waals surface area contributed by atoms with Crippen LogP contribution in [0.15, 0.2) is 24.3 Å². The van der Waals surface area contributed by atoms with E-state index in [1.54, 1.807) is 0 Å². The maximum Gasteiger partial charge on any atom is 0.306 e. The summed E-state index contributed by atoms with van der Waals surface area (Å²) >= 11 is 0. The van der Waals surface area contributed by atoms with Crippen LogP contribution in [-0.4, -0.2) is 23.1 Å². The molecule has 4 nitrogen and oxygen atoms in total. The zero-order valence-electron chi connectivity index (χ0n) is 30.2. The molecule has 0 aromatic carbocycles. The maximum atomic E-state index is 12.6. The number of esters is 1. The Morgan fingerprint density at radius 3 is 1.33 bits per heavy atom. The van der Waals surface area contributed by atoms with E-state index in [0.29, 0.717) is 6.42 Å². The Morgan fingerprint density at radius 2 is 0.867 bits per heavy atom. The number of carboxylic acid groups (broad SMARTS) is 1. The predicted molar refractivity (Wildman–Crippen MR) is 195 cm³/mol. The molecule has 45 heavy (non-hydrogen) atoms. The molecule has 0 spiro atoms. The van der Waals surface area contributed by atoms with Crippen molar-refractivity contribution in [2.45, 2.75) is 225 Å². The fourth-order valence-corrected chi connectivity index (χ4v) is 5.98. The lowest BCUT2D eigenvalue weighted by Gasteiger charge is -2.18. The van der Waals surface area contributed by atoms with Crippen molar-refractivity contribution in [1.82, 2.24) is 0 Å². The van der Waals surface area contributed by atoms with Gasteiger partial charge < -0.3 is 9.84 Å². The molecule has 0 rings (SSSR count). The minimum Gasteiger partial charge on any atom is -0.481 e. The summed E-state index contributed by atoms with van der Waals surface area (Å²) in [6.45, 7) is 4.54. The van der Waals surface area contributed by atoms with Crippen LogP contribution in [0.2, 0.25) is 0 Å². The first-order valence-corrected chi connectivity index (χ1v) is 19.8. The SMILES string of the molecule is CCCCCCC/C=C\C/C=C\CCCCCC(CCCCCCCC(=O)O)OC(=O)CCCCCCCCCCCCCC. The van der Waals surface area contributed by atoms with Crippen LogP contribution in [0.4, 0.5) is 0 Å². The molecule has 0 fully saturated rings. The Hall–Kier alpha value is -1.58. The third-order valence-electron chi connectivity index (χ3n) is 8.93. The van der Waals surface area contributed by atoms with Crippen LogP contribution in [0.1, 0.15) is 219 Å². The highest BCUT2D eigenvalue weighted by Gasteiger charge is 2.14. The second kappa shape index (κ2) is 36.9. The van der Waals surface area contributed by atoms with Crippen LogP contribution >= 0.6 is 0 Å². The largest absolute Gasteiger partial charge is 0.481 e. The summed E-state index contributed by atoms with van der Waals surface area (Å²) in [5, 5.41) is 8.81. The second-order valence-corrected chi connectivity index (χ2v) is 13.5. The minimum atomic E-state index is -0.703. The molecule has 0 heterocycles. The molecule has 0 saturated heterocycles. The summed E-state index contributed by atoms with van der Waals surface area (Å²) in [6.07, 6.45) is 46.2. The second-order valence-electron chi connectivity index (χ2n) is 13.5. The Morgan fingerprint density at radius 1 is 0.489 bits per heavy atom. The van der Waals surface area contributed by atoms with E-state index in [9.17, 15) is 9.59 Å². The topological polar surface area (TPSA) is 63.6 Å². The smallest absolute Gasteiger partial charge is 0.306 e. The molecule has 1 atom stereocenters. The number of allylic oxidation sites excluding steroid dienone is 4. The Kier molecular flexibility index (Phi) is 35.6. The average Bonchev–Trinajstić information content (AvgIpc) is 3.02. The van der Waals surface area contributed by atoms with Crippen LogP contribution in [0, 0.1) is 0 Å². The number of rotatable bonds is 36. The number of hydrogen-bond acceptors (Lipinski definition) is 3. The first-order valence-electron chi connectivity index (χ1n) is 19.8. The molecule has 0 radical (unpaired) electrons. The third-order valence-corrected chi connectivity index (χ3v) is 8.93. The molecule has 1 unspecified atom stereocenters. The van der Waals surface area contributed by atoms with Crippen LogP contribution in [0.3, 0.4) is 0 Å². The van der Waals surface area contributed by atoms with E-state index in [1.165, 1.54) is 116 Å². The Labute approximate surface area is 280 Å². The Bertz CT molecular complexity index is 683. The lowest BCUT2D eigenvalue weighted by Crippen LogP contribution is -2.18. The molecule has 0 aromatic rings. The molecule has 4 heteroatoms. The molecule has 264 valence electrons. The molecule has 1 N–H and O–H groups in total. The first-order chi connectivity index (χ1) is 22.1. The van der Waals surface area contributed by atoms with E-state index >= 15 is 0 Å². The summed E-state index contributed by atoms with van der Waals surface area (Å²) in [7, 11) is 0. The van der Waals surface area contributed by atoms with Gasteiger partial charge in [-0.1, -0.05) is 160 Å². The summed E-state index contributed by atoms with van der Waals surface area (Å²) in [5.74, 6) is -0.712. The van der Waals surface area contributed by atoms with Crippen molar-refractivity contribution in [3.63, 3.8) is 0 Å². The van der Waals surface area contributed by atoms with Gasteiger partial charge in [0.15, 0.2) is 0 Å². The normalized spacial score (nSPS) is 12.4. The quantitative estimate of drug-likeness (QED) is 0.0424.